The van der Waals surface area contributed by atoms with Crippen molar-refractivity contribution in [2.45, 2.75) is 6.92 Å². The van der Waals surface area contributed by atoms with Gasteiger partial charge in [0.15, 0.2) is 6.29 Å². The average molecular weight is 498 g/mol. The summed E-state index contributed by atoms with van der Waals surface area (Å²) in [6, 6.07) is 4.86. The van der Waals surface area contributed by atoms with Gasteiger partial charge in [0, 0.05) is 26.7 Å². The number of esters is 1. The highest BCUT2D eigenvalue weighted by atomic mass is 79.9. The zero-order valence-electron chi connectivity index (χ0n) is 14.0. The Hall–Kier alpha value is -2.59. The Balaban J connectivity index is 0.000000223. The predicted molar refractivity (Wildman–Crippen MR) is 108 cm³/mol. The van der Waals surface area contributed by atoms with E-state index in [-0.39, 0.29) is 18.0 Å². The molecule has 0 aliphatic heterocycles. The SMILES string of the molecule is CCOC(=O)c1cc2cc(Br)cnc2[nH]c1=O.Nc1ncc(Br)cc1C=O. The van der Waals surface area contributed by atoms with Crippen molar-refractivity contribution >= 4 is 61.0 Å². The van der Waals surface area contributed by atoms with Gasteiger partial charge in [0.05, 0.1) is 12.2 Å². The first-order valence-corrected chi connectivity index (χ1v) is 9.16. The summed E-state index contributed by atoms with van der Waals surface area (Å²) in [7, 11) is 0. The summed E-state index contributed by atoms with van der Waals surface area (Å²) < 4.78 is 6.32. The van der Waals surface area contributed by atoms with Crippen LogP contribution in [-0.2, 0) is 4.74 Å². The Morgan fingerprint density at radius 2 is 1.89 bits per heavy atom. The van der Waals surface area contributed by atoms with Crippen LogP contribution in [0.15, 0.2) is 44.3 Å². The summed E-state index contributed by atoms with van der Waals surface area (Å²) in [6.45, 7) is 1.92. The number of halogens is 2. The van der Waals surface area contributed by atoms with E-state index in [0.29, 0.717) is 22.9 Å². The van der Waals surface area contributed by atoms with Crippen LogP contribution in [0, 0.1) is 0 Å². The largest absolute Gasteiger partial charge is 0.462 e. The molecule has 0 unspecified atom stereocenters. The number of nitrogens with one attached hydrogen (secondary N) is 1. The highest BCUT2D eigenvalue weighted by Crippen LogP contribution is 2.15. The van der Waals surface area contributed by atoms with Crippen molar-refractivity contribution in [3.8, 4) is 0 Å². The van der Waals surface area contributed by atoms with Gasteiger partial charge >= 0.3 is 5.97 Å². The first-order valence-electron chi connectivity index (χ1n) is 7.57. The van der Waals surface area contributed by atoms with Gasteiger partial charge in [0.25, 0.3) is 5.56 Å². The van der Waals surface area contributed by atoms with E-state index in [1.165, 1.54) is 6.07 Å². The summed E-state index contributed by atoms with van der Waals surface area (Å²) in [5, 5.41) is 0.669. The monoisotopic (exact) mass is 496 g/mol. The maximum atomic E-state index is 11.6. The summed E-state index contributed by atoms with van der Waals surface area (Å²) in [4.78, 5) is 43.7. The minimum atomic E-state index is -0.629. The van der Waals surface area contributed by atoms with Gasteiger partial charge in [-0.1, -0.05) is 0 Å². The van der Waals surface area contributed by atoms with Crippen LogP contribution in [0.4, 0.5) is 5.82 Å². The van der Waals surface area contributed by atoms with Gasteiger partial charge in [0.1, 0.15) is 17.0 Å². The fourth-order valence-corrected chi connectivity index (χ4v) is 2.68. The number of carbonyl (C=O) groups is 2. The molecule has 8 nitrogen and oxygen atoms in total. The molecule has 3 N–H and O–H groups in total. The van der Waals surface area contributed by atoms with E-state index in [2.05, 4.69) is 46.8 Å². The predicted octanol–water partition coefficient (Wildman–Crippen LogP) is 3.10. The number of nitrogen functional groups attached to an aromatic ring is 1. The fourth-order valence-electron chi connectivity index (χ4n) is 1.99. The van der Waals surface area contributed by atoms with Crippen LogP contribution in [0.25, 0.3) is 11.0 Å². The van der Waals surface area contributed by atoms with E-state index in [4.69, 9.17) is 10.5 Å². The number of carbonyl (C=O) groups excluding carboxylic acids is 2. The molecule has 0 amide bonds. The molecule has 140 valence electrons. The molecule has 0 atom stereocenters. The molecule has 0 aliphatic carbocycles. The van der Waals surface area contributed by atoms with Gasteiger partial charge in [-0.3, -0.25) is 9.59 Å². The molecule has 0 fully saturated rings. The van der Waals surface area contributed by atoms with Gasteiger partial charge in [-0.25, -0.2) is 14.8 Å². The van der Waals surface area contributed by atoms with Crippen LogP contribution in [0.5, 0.6) is 0 Å². The molecular formula is C17H14Br2N4O4. The molecule has 0 aliphatic rings. The zero-order valence-corrected chi connectivity index (χ0v) is 17.2. The number of rotatable bonds is 3. The molecular weight excluding hydrogens is 484 g/mol. The molecule has 3 rings (SSSR count). The van der Waals surface area contributed by atoms with Crippen molar-refractivity contribution in [3.05, 3.63) is 61.0 Å². The molecule has 0 saturated heterocycles. The van der Waals surface area contributed by atoms with Crippen molar-refractivity contribution < 1.29 is 14.3 Å². The molecule has 10 heteroatoms. The Bertz CT molecular complexity index is 1050. The molecule has 0 spiro atoms. The van der Waals surface area contributed by atoms with Crippen molar-refractivity contribution in [3.63, 3.8) is 0 Å². The van der Waals surface area contributed by atoms with Gasteiger partial charge < -0.3 is 15.5 Å². The minimum absolute atomic E-state index is 0.0146. The molecule has 0 radical (unpaired) electrons. The minimum Gasteiger partial charge on any atom is -0.462 e. The molecule has 3 aromatic rings. The normalized spacial score (nSPS) is 10.0. The Kier molecular flexibility index (Phi) is 7.19. The first kappa shape index (κ1) is 20.7. The van der Waals surface area contributed by atoms with Gasteiger partial charge in [-0.05, 0) is 57.0 Å². The van der Waals surface area contributed by atoms with Crippen LogP contribution >= 0.6 is 31.9 Å². The van der Waals surface area contributed by atoms with Gasteiger partial charge in [0.2, 0.25) is 0 Å². The van der Waals surface area contributed by atoms with Crippen molar-refractivity contribution in [1.82, 2.24) is 15.0 Å². The van der Waals surface area contributed by atoms with E-state index in [1.54, 1.807) is 31.5 Å². The quantitative estimate of drug-likeness (QED) is 0.420. The summed E-state index contributed by atoms with van der Waals surface area (Å²) in [5.74, 6) is -0.367. The third-order valence-electron chi connectivity index (χ3n) is 3.20. The van der Waals surface area contributed by atoms with Crippen LogP contribution in [0.3, 0.4) is 0 Å². The standard InChI is InChI=1S/C11H9BrN2O3.C6H5BrN2O/c1-2-17-11(16)8-4-6-3-7(12)5-13-9(6)14-10(8)15;7-5-1-4(3-10)6(8)9-2-5/h3-5H,2H2,1H3,(H,13,14,15);1-3H,(H2,8,9). The van der Waals surface area contributed by atoms with Crippen LogP contribution in [0.2, 0.25) is 0 Å². The van der Waals surface area contributed by atoms with Crippen LogP contribution in [0.1, 0.15) is 27.6 Å². The lowest BCUT2D eigenvalue weighted by molar-refractivity contribution is 0.0524. The molecule has 3 aromatic heterocycles. The number of nitrogens with zero attached hydrogens (tertiary/aromatic N) is 2. The average Bonchev–Trinajstić information content (AvgIpc) is 2.64. The number of hydrogen-bond donors (Lipinski definition) is 2. The van der Waals surface area contributed by atoms with Crippen molar-refractivity contribution in [2.75, 3.05) is 12.3 Å². The molecule has 0 saturated carbocycles. The zero-order chi connectivity index (χ0) is 20.0. The Labute approximate surface area is 170 Å². The van der Waals surface area contributed by atoms with Gasteiger partial charge in [-0.15, -0.1) is 0 Å². The molecule has 0 bridgehead atoms. The highest BCUT2D eigenvalue weighted by molar-refractivity contribution is 9.10. The number of aldehydes is 1. The lowest BCUT2D eigenvalue weighted by Crippen LogP contribution is -2.19. The number of hydrogen-bond acceptors (Lipinski definition) is 7. The number of nitrogens with two attached hydrogens (primary N) is 1. The number of aromatic amines is 1. The van der Waals surface area contributed by atoms with Crippen LogP contribution in [-0.4, -0.2) is 33.8 Å². The number of H-pyrrole nitrogens is 1. The van der Waals surface area contributed by atoms with E-state index in [1.807, 2.05) is 0 Å². The molecule has 0 aromatic carbocycles. The molecule has 3 heterocycles. The van der Waals surface area contributed by atoms with Crippen molar-refractivity contribution in [2.24, 2.45) is 0 Å². The number of ether oxygens (including phenoxy) is 1. The third kappa shape index (κ3) is 5.44. The summed E-state index contributed by atoms with van der Waals surface area (Å²) in [6.07, 6.45) is 3.79. The fraction of sp³-hybridized carbons (Fsp3) is 0.118. The van der Waals surface area contributed by atoms with E-state index in [9.17, 15) is 14.4 Å². The van der Waals surface area contributed by atoms with Crippen molar-refractivity contribution in [1.29, 1.82) is 0 Å². The second-order valence-electron chi connectivity index (χ2n) is 5.07. The Morgan fingerprint density at radius 1 is 1.22 bits per heavy atom. The molecule has 27 heavy (non-hydrogen) atoms. The first-order chi connectivity index (χ1) is 12.8. The third-order valence-corrected chi connectivity index (χ3v) is 4.07. The summed E-state index contributed by atoms with van der Waals surface area (Å²) in [5.41, 5.74) is 5.68. The Morgan fingerprint density at radius 3 is 2.52 bits per heavy atom. The summed E-state index contributed by atoms with van der Waals surface area (Å²) >= 11 is 6.43. The maximum Gasteiger partial charge on any atom is 0.343 e. The maximum absolute atomic E-state index is 11.6. The van der Waals surface area contributed by atoms with Crippen LogP contribution < -0.4 is 11.3 Å². The second-order valence-corrected chi connectivity index (χ2v) is 6.90. The van der Waals surface area contributed by atoms with E-state index in [0.717, 1.165) is 8.95 Å². The number of anilines is 1. The number of aromatic nitrogens is 3. The second kappa shape index (κ2) is 9.38. The van der Waals surface area contributed by atoms with Gasteiger partial charge in [-0.2, -0.15) is 0 Å². The topological polar surface area (TPSA) is 128 Å². The van der Waals surface area contributed by atoms with E-state index < -0.39 is 11.5 Å². The van der Waals surface area contributed by atoms with E-state index >= 15 is 0 Å². The highest BCUT2D eigenvalue weighted by Gasteiger charge is 2.13. The smallest absolute Gasteiger partial charge is 0.343 e. The number of fused-ring (bicyclic) bond motifs is 1. The lowest BCUT2D eigenvalue weighted by atomic mass is 10.2. The number of pyridine rings is 3. The lowest BCUT2D eigenvalue weighted by Gasteiger charge is -2.02.